The van der Waals surface area contributed by atoms with Gasteiger partial charge in [0.05, 0.1) is 0 Å². The minimum atomic E-state index is 0.0379. The molecule has 0 bridgehead atoms. The van der Waals surface area contributed by atoms with Gasteiger partial charge in [-0.25, -0.2) is 0 Å². The molecule has 0 fully saturated rings. The number of aryl methyl sites for hydroxylation is 2. The summed E-state index contributed by atoms with van der Waals surface area (Å²) in [4.78, 5) is 12.4. The Morgan fingerprint density at radius 1 is 1.19 bits per heavy atom. The Kier molecular flexibility index (Phi) is 3.34. The molecular formula is C18H15ClO2. The molecule has 0 saturated heterocycles. The van der Waals surface area contributed by atoms with E-state index in [1.54, 1.807) is 6.07 Å². The third-order valence-corrected chi connectivity index (χ3v) is 4.23. The number of rotatable bonds is 1. The van der Waals surface area contributed by atoms with Gasteiger partial charge in [-0.05, 0) is 60.4 Å². The highest BCUT2D eigenvalue weighted by atomic mass is 35.5. The number of phenols is 1. The van der Waals surface area contributed by atoms with Crippen LogP contribution in [0.5, 0.6) is 5.75 Å². The molecule has 2 aromatic carbocycles. The highest BCUT2D eigenvalue weighted by Crippen LogP contribution is 2.33. The zero-order chi connectivity index (χ0) is 15.1. The highest BCUT2D eigenvalue weighted by Gasteiger charge is 2.26. The molecule has 1 aliphatic rings. The zero-order valence-corrected chi connectivity index (χ0v) is 12.7. The van der Waals surface area contributed by atoms with Gasteiger partial charge in [0.2, 0.25) is 0 Å². The van der Waals surface area contributed by atoms with Crippen LogP contribution < -0.4 is 0 Å². The van der Waals surface area contributed by atoms with Crippen molar-refractivity contribution in [3.63, 3.8) is 0 Å². The molecule has 21 heavy (non-hydrogen) atoms. The van der Waals surface area contributed by atoms with Crippen LogP contribution in [0.2, 0.25) is 5.02 Å². The largest absolute Gasteiger partial charge is 0.507 e. The molecule has 0 spiro atoms. The van der Waals surface area contributed by atoms with Gasteiger partial charge in [0.1, 0.15) is 5.75 Å². The van der Waals surface area contributed by atoms with E-state index in [4.69, 9.17) is 11.6 Å². The Morgan fingerprint density at radius 3 is 2.48 bits per heavy atom. The van der Waals surface area contributed by atoms with E-state index in [0.717, 1.165) is 27.8 Å². The lowest BCUT2D eigenvalue weighted by molar-refractivity contribution is 0.104. The second-order valence-electron chi connectivity index (χ2n) is 5.44. The summed E-state index contributed by atoms with van der Waals surface area (Å²) in [5.41, 5.74) is 4.88. The number of carbonyl (C=O) groups excluding carboxylic acids is 1. The average molecular weight is 299 g/mol. The summed E-state index contributed by atoms with van der Waals surface area (Å²) >= 11 is 6.16. The maximum atomic E-state index is 12.4. The highest BCUT2D eigenvalue weighted by molar-refractivity contribution is 6.33. The van der Waals surface area contributed by atoms with E-state index in [1.807, 2.05) is 44.2 Å². The Labute approximate surface area is 128 Å². The topological polar surface area (TPSA) is 37.3 Å². The number of benzene rings is 2. The van der Waals surface area contributed by atoms with Gasteiger partial charge in [-0.3, -0.25) is 4.79 Å². The van der Waals surface area contributed by atoms with Gasteiger partial charge < -0.3 is 5.11 Å². The second kappa shape index (κ2) is 5.05. The van der Waals surface area contributed by atoms with Crippen molar-refractivity contribution in [3.05, 3.63) is 68.7 Å². The number of halogens is 1. The van der Waals surface area contributed by atoms with E-state index >= 15 is 0 Å². The molecule has 0 amide bonds. The normalized spacial score (nSPS) is 15.6. The Morgan fingerprint density at radius 2 is 1.86 bits per heavy atom. The zero-order valence-electron chi connectivity index (χ0n) is 11.9. The third-order valence-electron chi connectivity index (χ3n) is 3.88. The maximum Gasteiger partial charge on any atom is 0.189 e. The van der Waals surface area contributed by atoms with E-state index in [9.17, 15) is 9.90 Å². The number of Topliss-reactive ketones (excluding diaryl/α,β-unsaturated/α-hetero) is 1. The molecule has 1 aliphatic carbocycles. The van der Waals surface area contributed by atoms with Crippen LogP contribution in [-0.2, 0) is 6.42 Å². The number of aromatic hydroxyl groups is 1. The summed E-state index contributed by atoms with van der Waals surface area (Å²) in [5.74, 6) is 0.345. The number of fused-ring (bicyclic) bond motifs is 1. The van der Waals surface area contributed by atoms with Crippen LogP contribution in [0.3, 0.4) is 0 Å². The number of hydrogen-bond acceptors (Lipinski definition) is 2. The van der Waals surface area contributed by atoms with Crippen LogP contribution in [0.15, 0.2) is 35.9 Å². The first-order valence-electron chi connectivity index (χ1n) is 6.80. The number of phenolic OH excluding ortho intramolecular Hbond substituents is 1. The third kappa shape index (κ3) is 2.36. The van der Waals surface area contributed by atoms with Crippen LogP contribution in [-0.4, -0.2) is 10.9 Å². The van der Waals surface area contributed by atoms with E-state index in [1.165, 1.54) is 0 Å². The minimum Gasteiger partial charge on any atom is -0.507 e. The lowest BCUT2D eigenvalue weighted by Gasteiger charge is -2.05. The molecule has 3 rings (SSSR count). The smallest absolute Gasteiger partial charge is 0.189 e. The fourth-order valence-corrected chi connectivity index (χ4v) is 3.03. The molecule has 0 saturated carbocycles. The van der Waals surface area contributed by atoms with Crippen molar-refractivity contribution in [1.29, 1.82) is 0 Å². The first-order valence-corrected chi connectivity index (χ1v) is 7.18. The van der Waals surface area contributed by atoms with Gasteiger partial charge in [-0.1, -0.05) is 23.7 Å². The maximum absolute atomic E-state index is 12.4. The summed E-state index contributed by atoms with van der Waals surface area (Å²) in [5, 5.41) is 10.5. The van der Waals surface area contributed by atoms with Crippen molar-refractivity contribution in [3.8, 4) is 5.75 Å². The molecule has 0 aromatic heterocycles. The molecular weight excluding hydrogens is 284 g/mol. The molecule has 1 N–H and O–H groups in total. The molecule has 0 aliphatic heterocycles. The van der Waals surface area contributed by atoms with Crippen LogP contribution >= 0.6 is 11.6 Å². The summed E-state index contributed by atoms with van der Waals surface area (Å²) in [6.45, 7) is 3.71. The lowest BCUT2D eigenvalue weighted by Crippen LogP contribution is -1.95. The van der Waals surface area contributed by atoms with E-state index < -0.39 is 0 Å². The van der Waals surface area contributed by atoms with Gasteiger partial charge >= 0.3 is 0 Å². The number of hydrogen-bond donors (Lipinski definition) is 1. The lowest BCUT2D eigenvalue weighted by atomic mass is 10.0. The molecule has 2 nitrogen and oxygen atoms in total. The van der Waals surface area contributed by atoms with E-state index in [0.29, 0.717) is 22.8 Å². The van der Waals surface area contributed by atoms with Crippen LogP contribution in [0.4, 0.5) is 0 Å². The Hall–Kier alpha value is -2.06. The number of ketones is 1. The molecule has 3 heteroatoms. The van der Waals surface area contributed by atoms with Crippen molar-refractivity contribution in [2.75, 3.05) is 0 Å². The first kappa shape index (κ1) is 13.9. The predicted octanol–water partition coefficient (Wildman–Crippen LogP) is 4.48. The number of allylic oxidation sites excluding steroid dienone is 1. The van der Waals surface area contributed by atoms with E-state index in [2.05, 4.69) is 0 Å². The Bertz CT molecular complexity index is 765. The van der Waals surface area contributed by atoms with Crippen molar-refractivity contribution in [2.45, 2.75) is 20.3 Å². The summed E-state index contributed by atoms with van der Waals surface area (Å²) in [6, 6.07) is 9.19. The van der Waals surface area contributed by atoms with Crippen molar-refractivity contribution in [1.82, 2.24) is 0 Å². The summed E-state index contributed by atoms with van der Waals surface area (Å²) in [6.07, 6.45) is 2.45. The van der Waals surface area contributed by atoms with E-state index in [-0.39, 0.29) is 5.78 Å². The SMILES string of the molecule is Cc1cc(/C=C2/Cc3c(Cl)cccc3C2=O)cc(C)c1O. The predicted molar refractivity (Wildman–Crippen MR) is 85.0 cm³/mol. The summed E-state index contributed by atoms with van der Waals surface area (Å²) in [7, 11) is 0. The van der Waals surface area contributed by atoms with Crippen molar-refractivity contribution < 1.29 is 9.90 Å². The number of carbonyl (C=O) groups is 1. The minimum absolute atomic E-state index is 0.0379. The Balaban J connectivity index is 2.04. The van der Waals surface area contributed by atoms with Crippen LogP contribution in [0, 0.1) is 13.8 Å². The monoisotopic (exact) mass is 298 g/mol. The van der Waals surface area contributed by atoms with Gasteiger partial charge in [-0.15, -0.1) is 0 Å². The standard InChI is InChI=1S/C18H15ClO2/c1-10-6-12(7-11(2)17(10)20)8-13-9-15-14(18(13)21)4-3-5-16(15)19/h3-8,20H,9H2,1-2H3/b13-8-. The molecule has 0 heterocycles. The molecule has 0 radical (unpaired) electrons. The molecule has 2 aromatic rings. The second-order valence-corrected chi connectivity index (χ2v) is 5.85. The first-order chi connectivity index (χ1) is 9.97. The molecule has 0 unspecified atom stereocenters. The molecule has 106 valence electrons. The van der Waals surface area contributed by atoms with Gasteiger partial charge in [-0.2, -0.15) is 0 Å². The van der Waals surface area contributed by atoms with Gasteiger partial charge in [0.25, 0.3) is 0 Å². The van der Waals surface area contributed by atoms with Crippen LogP contribution in [0.25, 0.3) is 6.08 Å². The molecule has 0 atom stereocenters. The fourth-order valence-electron chi connectivity index (χ4n) is 2.79. The van der Waals surface area contributed by atoms with Crippen molar-refractivity contribution in [2.24, 2.45) is 0 Å². The van der Waals surface area contributed by atoms with Gasteiger partial charge in [0.15, 0.2) is 5.78 Å². The van der Waals surface area contributed by atoms with Crippen molar-refractivity contribution >= 4 is 23.5 Å². The summed E-state index contributed by atoms with van der Waals surface area (Å²) < 4.78 is 0. The fraction of sp³-hybridized carbons (Fsp3) is 0.167. The van der Waals surface area contributed by atoms with Crippen LogP contribution in [0.1, 0.15) is 32.6 Å². The quantitative estimate of drug-likeness (QED) is 0.788. The average Bonchev–Trinajstić information content (AvgIpc) is 2.75. The van der Waals surface area contributed by atoms with Gasteiger partial charge in [0, 0.05) is 22.6 Å².